The van der Waals surface area contributed by atoms with Crippen LogP contribution in [0.25, 0.3) is 5.69 Å². The normalized spacial score (nSPS) is 16.4. The van der Waals surface area contributed by atoms with E-state index < -0.39 is 34.7 Å². The molecule has 3 heterocycles. The van der Waals surface area contributed by atoms with Crippen molar-refractivity contribution in [2.24, 2.45) is 5.92 Å². The molecule has 34 heavy (non-hydrogen) atoms. The minimum atomic E-state index is -4.55. The van der Waals surface area contributed by atoms with E-state index in [1.807, 2.05) is 0 Å². The third kappa shape index (κ3) is 5.01. The number of hydrogen-bond donors (Lipinski definition) is 1. The van der Waals surface area contributed by atoms with Crippen molar-refractivity contribution in [1.82, 2.24) is 19.7 Å². The molecule has 1 fully saturated rings. The molecule has 1 aliphatic rings. The summed E-state index contributed by atoms with van der Waals surface area (Å²) in [7, 11) is 0. The Kier molecular flexibility index (Phi) is 6.51. The quantitative estimate of drug-likeness (QED) is 0.603. The van der Waals surface area contributed by atoms with Crippen molar-refractivity contribution in [3.8, 4) is 5.69 Å². The number of benzene rings is 1. The van der Waals surface area contributed by atoms with E-state index in [2.05, 4.69) is 15.4 Å². The highest BCUT2D eigenvalue weighted by molar-refractivity contribution is 7.13. The standard InChI is InChI=1S/C22H20F3N5O3S/c1-13-10-17(31)18(28-30(13)16-6-2-5-15(11-16)22(23,24)25)20(33)29-8-3-4-14(12-29)19(32)27-21-26-7-9-34-21/h2,5-7,9-11,14H,3-4,8,12H2,1H3,(H,26,27,32). The second-order valence-electron chi connectivity index (χ2n) is 7.88. The number of nitrogens with zero attached hydrogens (tertiary/aromatic N) is 4. The van der Waals surface area contributed by atoms with E-state index in [-0.39, 0.29) is 23.8 Å². The number of amides is 2. The van der Waals surface area contributed by atoms with Gasteiger partial charge in [-0.15, -0.1) is 11.3 Å². The Balaban J connectivity index is 1.59. The number of carbonyl (C=O) groups excluding carboxylic acids is 2. The van der Waals surface area contributed by atoms with Crippen LogP contribution in [-0.2, 0) is 11.0 Å². The number of halogens is 3. The van der Waals surface area contributed by atoms with Gasteiger partial charge in [-0.3, -0.25) is 14.4 Å². The molecular weight excluding hydrogens is 471 g/mol. The Hall–Kier alpha value is -3.54. The van der Waals surface area contributed by atoms with E-state index >= 15 is 0 Å². The Morgan fingerprint density at radius 2 is 2.03 bits per heavy atom. The number of hydrogen-bond acceptors (Lipinski definition) is 6. The SMILES string of the molecule is Cc1cc(=O)c(C(=O)N2CCCC(C(=O)Nc3nccs3)C2)nn1-c1cccc(C(F)(F)F)c1. The first-order valence-electron chi connectivity index (χ1n) is 10.4. The molecule has 1 aromatic carbocycles. The van der Waals surface area contributed by atoms with Gasteiger partial charge in [-0.1, -0.05) is 6.07 Å². The summed E-state index contributed by atoms with van der Waals surface area (Å²) >= 11 is 1.28. The molecule has 0 bridgehead atoms. The molecule has 4 rings (SSSR count). The van der Waals surface area contributed by atoms with Crippen LogP contribution in [0.2, 0.25) is 0 Å². The van der Waals surface area contributed by atoms with Crippen LogP contribution in [-0.4, -0.2) is 44.6 Å². The van der Waals surface area contributed by atoms with Crippen molar-refractivity contribution in [2.45, 2.75) is 25.9 Å². The summed E-state index contributed by atoms with van der Waals surface area (Å²) in [5.41, 5.74) is -1.58. The van der Waals surface area contributed by atoms with E-state index in [0.717, 1.165) is 22.9 Å². The fourth-order valence-electron chi connectivity index (χ4n) is 3.79. The van der Waals surface area contributed by atoms with Crippen molar-refractivity contribution in [1.29, 1.82) is 0 Å². The average molecular weight is 491 g/mol. The number of carbonyl (C=O) groups is 2. The van der Waals surface area contributed by atoms with Crippen LogP contribution >= 0.6 is 11.3 Å². The number of nitrogens with one attached hydrogen (secondary N) is 1. The number of alkyl halides is 3. The van der Waals surface area contributed by atoms with Crippen molar-refractivity contribution in [3.63, 3.8) is 0 Å². The number of rotatable bonds is 4. The van der Waals surface area contributed by atoms with Crippen LogP contribution in [0.1, 0.15) is 34.6 Å². The first kappa shape index (κ1) is 23.6. The lowest BCUT2D eigenvalue weighted by atomic mass is 9.97. The number of likely N-dealkylation sites (tertiary alicyclic amines) is 1. The molecule has 1 atom stereocenters. The summed E-state index contributed by atoms with van der Waals surface area (Å²) in [4.78, 5) is 43.7. The summed E-state index contributed by atoms with van der Waals surface area (Å²) < 4.78 is 40.6. The summed E-state index contributed by atoms with van der Waals surface area (Å²) in [5, 5.41) is 9.01. The molecule has 1 saturated heterocycles. The Labute approximate surface area is 196 Å². The Morgan fingerprint density at radius 1 is 1.24 bits per heavy atom. The lowest BCUT2D eigenvalue weighted by Crippen LogP contribution is -2.45. The molecule has 0 saturated carbocycles. The molecule has 1 N–H and O–H groups in total. The molecule has 0 aliphatic carbocycles. The third-order valence-corrected chi connectivity index (χ3v) is 6.16. The zero-order valence-electron chi connectivity index (χ0n) is 18.0. The number of anilines is 1. The monoisotopic (exact) mass is 491 g/mol. The van der Waals surface area contributed by atoms with E-state index in [9.17, 15) is 27.6 Å². The zero-order chi connectivity index (χ0) is 24.5. The largest absolute Gasteiger partial charge is 0.416 e. The first-order chi connectivity index (χ1) is 16.1. The van der Waals surface area contributed by atoms with E-state index in [1.165, 1.54) is 35.3 Å². The number of thiazole rings is 1. The van der Waals surface area contributed by atoms with Gasteiger partial charge in [-0.25, -0.2) is 9.67 Å². The molecule has 0 spiro atoms. The number of aryl methyl sites for hydroxylation is 1. The molecule has 2 amide bonds. The maximum Gasteiger partial charge on any atom is 0.416 e. The lowest BCUT2D eigenvalue weighted by Gasteiger charge is -2.31. The second-order valence-corrected chi connectivity index (χ2v) is 8.77. The molecule has 2 aromatic heterocycles. The molecule has 3 aromatic rings. The molecule has 1 unspecified atom stereocenters. The van der Waals surface area contributed by atoms with Gasteiger partial charge in [0.25, 0.3) is 5.91 Å². The summed E-state index contributed by atoms with van der Waals surface area (Å²) in [5.74, 6) is -1.43. The van der Waals surface area contributed by atoms with Gasteiger partial charge in [0.05, 0.1) is 17.2 Å². The first-order valence-corrected chi connectivity index (χ1v) is 11.3. The van der Waals surface area contributed by atoms with E-state index in [0.29, 0.717) is 24.5 Å². The minimum Gasteiger partial charge on any atom is -0.336 e. The van der Waals surface area contributed by atoms with Gasteiger partial charge in [0, 0.05) is 36.4 Å². The molecule has 1 aliphatic heterocycles. The highest BCUT2D eigenvalue weighted by Gasteiger charge is 2.32. The van der Waals surface area contributed by atoms with Crippen LogP contribution in [0.3, 0.4) is 0 Å². The topological polar surface area (TPSA) is 97.2 Å². The van der Waals surface area contributed by atoms with Crippen LogP contribution in [0.4, 0.5) is 18.3 Å². The van der Waals surface area contributed by atoms with Crippen molar-refractivity contribution >= 4 is 28.3 Å². The predicted molar refractivity (Wildman–Crippen MR) is 119 cm³/mol. The van der Waals surface area contributed by atoms with Crippen LogP contribution in [0, 0.1) is 12.8 Å². The van der Waals surface area contributed by atoms with E-state index in [4.69, 9.17) is 0 Å². The second kappa shape index (κ2) is 9.37. The maximum absolute atomic E-state index is 13.2. The fourth-order valence-corrected chi connectivity index (χ4v) is 4.32. The lowest BCUT2D eigenvalue weighted by molar-refractivity contribution is -0.137. The molecule has 12 heteroatoms. The summed E-state index contributed by atoms with van der Waals surface area (Å²) in [6.45, 7) is 1.94. The smallest absolute Gasteiger partial charge is 0.336 e. The van der Waals surface area contributed by atoms with Gasteiger partial charge < -0.3 is 10.2 Å². The predicted octanol–water partition coefficient (Wildman–Crippen LogP) is 3.51. The molecule has 178 valence electrons. The van der Waals surface area contributed by atoms with Crippen molar-refractivity contribution < 1.29 is 22.8 Å². The van der Waals surface area contributed by atoms with Gasteiger partial charge in [-0.2, -0.15) is 18.3 Å². The minimum absolute atomic E-state index is 0.0701. The highest BCUT2D eigenvalue weighted by atomic mass is 32.1. The fraction of sp³-hybridized carbons (Fsp3) is 0.318. The number of aromatic nitrogens is 3. The Morgan fingerprint density at radius 3 is 2.74 bits per heavy atom. The summed E-state index contributed by atoms with van der Waals surface area (Å²) in [6.07, 6.45) is -1.87. The third-order valence-electron chi connectivity index (χ3n) is 5.47. The summed E-state index contributed by atoms with van der Waals surface area (Å²) in [6, 6.07) is 5.64. The molecular formula is C22H20F3N5O3S. The highest BCUT2D eigenvalue weighted by Crippen LogP contribution is 2.30. The van der Waals surface area contributed by atoms with Crippen LogP contribution in [0.5, 0.6) is 0 Å². The van der Waals surface area contributed by atoms with Crippen molar-refractivity contribution in [3.05, 3.63) is 69.1 Å². The zero-order valence-corrected chi connectivity index (χ0v) is 18.8. The van der Waals surface area contributed by atoms with E-state index in [1.54, 1.807) is 11.6 Å². The molecule has 0 radical (unpaired) electrons. The van der Waals surface area contributed by atoms with Crippen LogP contribution in [0.15, 0.2) is 46.7 Å². The maximum atomic E-state index is 13.2. The molecule has 8 nitrogen and oxygen atoms in total. The van der Waals surface area contributed by atoms with Gasteiger partial charge in [0.1, 0.15) is 0 Å². The average Bonchev–Trinajstić information content (AvgIpc) is 3.31. The van der Waals surface area contributed by atoms with Crippen LogP contribution < -0.4 is 10.7 Å². The van der Waals surface area contributed by atoms with Gasteiger partial charge >= 0.3 is 6.18 Å². The van der Waals surface area contributed by atoms with Gasteiger partial charge in [0.15, 0.2) is 10.8 Å². The van der Waals surface area contributed by atoms with Gasteiger partial charge in [0.2, 0.25) is 11.3 Å². The van der Waals surface area contributed by atoms with Gasteiger partial charge in [-0.05, 0) is 38.0 Å². The van der Waals surface area contributed by atoms with Crippen molar-refractivity contribution in [2.75, 3.05) is 18.4 Å². The number of piperidine rings is 1. The Bertz CT molecular complexity index is 1270.